The summed E-state index contributed by atoms with van der Waals surface area (Å²) < 4.78 is 0.637. The number of nitrogens with zero attached hydrogens (tertiary/aromatic N) is 4. The van der Waals surface area contributed by atoms with E-state index >= 15 is 0 Å². The fraction of sp³-hybridized carbons (Fsp3) is 0.417. The molecule has 0 saturated carbocycles. The van der Waals surface area contributed by atoms with Crippen molar-refractivity contribution in [1.29, 1.82) is 0 Å². The van der Waals surface area contributed by atoms with Gasteiger partial charge in [0.05, 0.1) is 4.92 Å². The SMILES string of the molecule is CC(=O)Nc1c([N+](=O)[O-])cc(Br)c2c1CC(N=[N+]=[N-])CC2. The second-order valence-corrected chi connectivity index (χ2v) is 5.60. The van der Waals surface area contributed by atoms with E-state index in [-0.39, 0.29) is 23.3 Å². The molecule has 9 heteroatoms. The van der Waals surface area contributed by atoms with Gasteiger partial charge in [0.1, 0.15) is 5.69 Å². The van der Waals surface area contributed by atoms with Crippen LogP contribution in [-0.4, -0.2) is 16.9 Å². The van der Waals surface area contributed by atoms with Crippen LogP contribution in [0.4, 0.5) is 11.4 Å². The molecule has 0 saturated heterocycles. The lowest BCUT2D eigenvalue weighted by Crippen LogP contribution is -2.21. The van der Waals surface area contributed by atoms with E-state index < -0.39 is 4.92 Å². The third-order valence-corrected chi connectivity index (χ3v) is 4.06. The number of rotatable bonds is 3. The first-order chi connectivity index (χ1) is 9.93. The van der Waals surface area contributed by atoms with Gasteiger partial charge in [-0.3, -0.25) is 14.9 Å². The number of nitro benzene ring substituents is 1. The molecule has 0 fully saturated rings. The number of anilines is 1. The second-order valence-electron chi connectivity index (χ2n) is 4.75. The Morgan fingerprint density at radius 3 is 2.90 bits per heavy atom. The molecular weight excluding hydrogens is 342 g/mol. The molecule has 21 heavy (non-hydrogen) atoms. The molecule has 1 aromatic carbocycles. The molecule has 110 valence electrons. The maximum Gasteiger partial charge on any atom is 0.294 e. The Balaban J connectivity index is 2.61. The molecule has 0 spiro atoms. The van der Waals surface area contributed by atoms with Crippen LogP contribution in [-0.2, 0) is 17.6 Å². The van der Waals surface area contributed by atoms with Crippen LogP contribution in [0, 0.1) is 10.1 Å². The molecular formula is C12H12BrN5O3. The summed E-state index contributed by atoms with van der Waals surface area (Å²) >= 11 is 3.34. The van der Waals surface area contributed by atoms with Crippen molar-refractivity contribution in [3.8, 4) is 0 Å². The van der Waals surface area contributed by atoms with E-state index in [9.17, 15) is 14.9 Å². The Morgan fingerprint density at radius 1 is 1.62 bits per heavy atom. The van der Waals surface area contributed by atoms with E-state index in [0.717, 1.165) is 5.56 Å². The largest absolute Gasteiger partial charge is 0.320 e. The number of fused-ring (bicyclic) bond motifs is 1. The smallest absolute Gasteiger partial charge is 0.294 e. The summed E-state index contributed by atoms with van der Waals surface area (Å²) in [5.41, 5.74) is 10.2. The zero-order chi connectivity index (χ0) is 15.6. The Hall–Kier alpha value is -2.12. The van der Waals surface area contributed by atoms with Crippen LogP contribution in [0.2, 0.25) is 0 Å². The standard InChI is InChI=1S/C12H12BrN5O3/c1-6(19)15-12-9-4-7(16-17-14)2-3-8(9)10(13)5-11(12)18(20)21/h5,7H,2-4H2,1H3,(H,15,19). The summed E-state index contributed by atoms with van der Waals surface area (Å²) in [7, 11) is 0. The van der Waals surface area contributed by atoms with E-state index in [2.05, 4.69) is 31.3 Å². The highest BCUT2D eigenvalue weighted by Crippen LogP contribution is 2.40. The summed E-state index contributed by atoms with van der Waals surface area (Å²) in [4.78, 5) is 24.8. The van der Waals surface area contributed by atoms with Crippen LogP contribution < -0.4 is 5.32 Å². The number of azide groups is 1. The quantitative estimate of drug-likeness (QED) is 0.294. The lowest BCUT2D eigenvalue weighted by molar-refractivity contribution is -0.384. The van der Waals surface area contributed by atoms with E-state index in [0.29, 0.717) is 29.3 Å². The maximum atomic E-state index is 11.3. The van der Waals surface area contributed by atoms with Crippen molar-refractivity contribution in [2.24, 2.45) is 5.11 Å². The van der Waals surface area contributed by atoms with Crippen LogP contribution in [0.25, 0.3) is 10.4 Å². The van der Waals surface area contributed by atoms with Gasteiger partial charge in [0, 0.05) is 28.4 Å². The Morgan fingerprint density at radius 2 is 2.33 bits per heavy atom. The van der Waals surface area contributed by atoms with Crippen LogP contribution in [0.1, 0.15) is 24.5 Å². The molecule has 0 bridgehead atoms. The number of amides is 1. The first kappa shape index (κ1) is 15.3. The van der Waals surface area contributed by atoms with Crippen LogP contribution in [0.15, 0.2) is 15.7 Å². The van der Waals surface area contributed by atoms with Gasteiger partial charge >= 0.3 is 0 Å². The average molecular weight is 354 g/mol. The molecule has 1 aliphatic carbocycles. The van der Waals surface area contributed by atoms with Crippen LogP contribution >= 0.6 is 15.9 Å². The monoisotopic (exact) mass is 353 g/mol. The fourth-order valence-corrected chi connectivity index (χ4v) is 3.16. The molecule has 1 aliphatic rings. The fourth-order valence-electron chi connectivity index (χ4n) is 2.50. The van der Waals surface area contributed by atoms with E-state index in [1.165, 1.54) is 13.0 Å². The van der Waals surface area contributed by atoms with Gasteiger partial charge in [-0.2, -0.15) is 0 Å². The maximum absolute atomic E-state index is 11.3. The van der Waals surface area contributed by atoms with Crippen molar-refractivity contribution in [3.63, 3.8) is 0 Å². The normalized spacial score (nSPS) is 16.6. The van der Waals surface area contributed by atoms with Crippen molar-refractivity contribution < 1.29 is 9.72 Å². The molecule has 0 aromatic heterocycles. The summed E-state index contributed by atoms with van der Waals surface area (Å²) in [6, 6.07) is 1.14. The average Bonchev–Trinajstić information content (AvgIpc) is 2.41. The first-order valence-electron chi connectivity index (χ1n) is 6.24. The molecule has 1 unspecified atom stereocenters. The Labute approximate surface area is 128 Å². The third kappa shape index (κ3) is 3.14. The van der Waals surface area contributed by atoms with Crippen LogP contribution in [0.3, 0.4) is 0 Å². The predicted octanol–water partition coefficient (Wildman–Crippen LogP) is 3.48. The van der Waals surface area contributed by atoms with Crippen molar-refractivity contribution >= 4 is 33.2 Å². The number of nitrogens with one attached hydrogen (secondary N) is 1. The first-order valence-corrected chi connectivity index (χ1v) is 7.03. The molecule has 1 N–H and O–H groups in total. The Kier molecular flexibility index (Phi) is 4.44. The minimum Gasteiger partial charge on any atom is -0.320 e. The number of nitro groups is 1. The predicted molar refractivity (Wildman–Crippen MR) is 80.1 cm³/mol. The summed E-state index contributed by atoms with van der Waals surface area (Å²) in [6.45, 7) is 1.30. The van der Waals surface area contributed by atoms with Gasteiger partial charge in [0.2, 0.25) is 5.91 Å². The second kappa shape index (κ2) is 6.11. The lowest BCUT2D eigenvalue weighted by Gasteiger charge is -2.24. The van der Waals surface area contributed by atoms with Crippen molar-refractivity contribution in [2.45, 2.75) is 32.2 Å². The van der Waals surface area contributed by atoms with E-state index in [1.54, 1.807) is 0 Å². The van der Waals surface area contributed by atoms with Gasteiger partial charge in [-0.1, -0.05) is 21.0 Å². The zero-order valence-corrected chi connectivity index (χ0v) is 12.8. The number of carbonyl (C=O) groups is 1. The highest BCUT2D eigenvalue weighted by molar-refractivity contribution is 9.10. The number of carbonyl (C=O) groups excluding carboxylic acids is 1. The van der Waals surface area contributed by atoms with Gasteiger partial charge in [0.25, 0.3) is 5.69 Å². The molecule has 0 aliphatic heterocycles. The van der Waals surface area contributed by atoms with Crippen molar-refractivity contribution in [1.82, 2.24) is 0 Å². The Bertz CT molecular complexity index is 669. The van der Waals surface area contributed by atoms with Crippen molar-refractivity contribution in [2.75, 3.05) is 5.32 Å². The topological polar surface area (TPSA) is 121 Å². The number of halogens is 1. The van der Waals surface area contributed by atoms with Gasteiger partial charge in [-0.05, 0) is 35.9 Å². The van der Waals surface area contributed by atoms with Crippen LogP contribution in [0.5, 0.6) is 0 Å². The van der Waals surface area contributed by atoms with Gasteiger partial charge < -0.3 is 5.32 Å². The highest BCUT2D eigenvalue weighted by Gasteiger charge is 2.29. The summed E-state index contributed by atoms with van der Waals surface area (Å²) in [5, 5.41) is 17.4. The van der Waals surface area contributed by atoms with Gasteiger partial charge in [0.15, 0.2) is 0 Å². The zero-order valence-electron chi connectivity index (χ0n) is 11.2. The molecule has 8 nitrogen and oxygen atoms in total. The lowest BCUT2D eigenvalue weighted by atomic mass is 9.87. The van der Waals surface area contributed by atoms with Gasteiger partial charge in [-0.25, -0.2) is 0 Å². The van der Waals surface area contributed by atoms with Crippen molar-refractivity contribution in [3.05, 3.63) is 42.2 Å². The summed E-state index contributed by atoms with van der Waals surface area (Å²) in [5.74, 6) is -0.381. The van der Waals surface area contributed by atoms with Gasteiger partial charge in [-0.15, -0.1) is 0 Å². The number of hydrogen-bond acceptors (Lipinski definition) is 4. The number of hydrogen-bond donors (Lipinski definition) is 1. The molecule has 1 aromatic rings. The molecule has 2 rings (SSSR count). The molecule has 1 atom stereocenters. The minimum atomic E-state index is -0.534. The van der Waals surface area contributed by atoms with E-state index in [4.69, 9.17) is 5.53 Å². The number of benzene rings is 1. The molecule has 1 amide bonds. The minimum absolute atomic E-state index is 0.169. The molecule has 0 heterocycles. The van der Waals surface area contributed by atoms with E-state index in [1.807, 2.05) is 0 Å². The highest BCUT2D eigenvalue weighted by atomic mass is 79.9. The third-order valence-electron chi connectivity index (χ3n) is 3.35. The summed E-state index contributed by atoms with van der Waals surface area (Å²) in [6.07, 6.45) is 1.67. The molecule has 0 radical (unpaired) electrons.